The topological polar surface area (TPSA) is 91.2 Å². The number of carbonyl (C=O) groups excluding carboxylic acids is 2. The molecule has 2 aromatic rings. The fraction of sp³-hybridized carbons (Fsp3) is 0.211. The third-order valence-corrected chi connectivity index (χ3v) is 4.79. The van der Waals surface area contributed by atoms with Crippen molar-refractivity contribution < 1.29 is 28.2 Å². The van der Waals surface area contributed by atoms with Crippen LogP contribution in [0.25, 0.3) is 0 Å². The summed E-state index contributed by atoms with van der Waals surface area (Å²) in [5.74, 6) is -2.47. The number of hydrogen-bond donors (Lipinski definition) is 2. The average Bonchev–Trinajstić information content (AvgIpc) is 2.68. The Bertz CT molecular complexity index is 984. The van der Waals surface area contributed by atoms with Crippen LogP contribution in [-0.4, -0.2) is 39.3 Å². The zero-order valence-electron chi connectivity index (χ0n) is 15.3. The molecule has 0 spiro atoms. The number of anilines is 1. The van der Waals surface area contributed by atoms with Crippen LogP contribution in [0.15, 0.2) is 41.5 Å². The maximum atomic E-state index is 13.7. The lowest BCUT2D eigenvalue weighted by Crippen LogP contribution is -2.35. The Morgan fingerprint density at radius 2 is 2.10 bits per heavy atom. The average molecular weight is 421 g/mol. The molecule has 1 heterocycles. The lowest BCUT2D eigenvalue weighted by atomic mass is 10.2. The maximum absolute atomic E-state index is 13.7. The van der Waals surface area contributed by atoms with Crippen LogP contribution in [0, 0.1) is 11.6 Å². The van der Waals surface area contributed by atoms with Crippen molar-refractivity contribution in [2.45, 2.75) is 13.5 Å². The van der Waals surface area contributed by atoms with Gasteiger partial charge in [-0.15, -0.1) is 0 Å². The lowest BCUT2D eigenvalue weighted by Gasteiger charge is -2.23. The Balaban J connectivity index is 1.76. The third-order valence-electron chi connectivity index (χ3n) is 3.86. The van der Waals surface area contributed by atoms with E-state index in [1.165, 1.54) is 6.07 Å². The van der Waals surface area contributed by atoms with Crippen LogP contribution in [0.1, 0.15) is 12.5 Å². The molecule has 2 amide bonds. The largest absolute Gasteiger partial charge is 0.504 e. The van der Waals surface area contributed by atoms with E-state index in [1.54, 1.807) is 19.1 Å². The number of phenols is 1. The van der Waals surface area contributed by atoms with Crippen LogP contribution >= 0.6 is 11.8 Å². The number of rotatable bonds is 6. The van der Waals surface area contributed by atoms with Gasteiger partial charge in [-0.1, -0.05) is 17.8 Å². The summed E-state index contributed by atoms with van der Waals surface area (Å²) in [7, 11) is 0. The van der Waals surface area contributed by atoms with Gasteiger partial charge in [0.2, 0.25) is 0 Å². The highest BCUT2D eigenvalue weighted by atomic mass is 32.2. The summed E-state index contributed by atoms with van der Waals surface area (Å²) in [5.41, 5.74) is 0.447. The SMILES string of the molecule is CCOc1cc(CN2N=C(C(=O)Nc3ccc(F)cc3F)SCC2=O)ccc1O. The van der Waals surface area contributed by atoms with Gasteiger partial charge in [0.25, 0.3) is 11.8 Å². The number of halogens is 2. The van der Waals surface area contributed by atoms with Crippen molar-refractivity contribution in [3.05, 3.63) is 53.6 Å². The van der Waals surface area contributed by atoms with Crippen LogP contribution in [0.4, 0.5) is 14.5 Å². The van der Waals surface area contributed by atoms with E-state index in [0.29, 0.717) is 18.2 Å². The van der Waals surface area contributed by atoms with E-state index in [1.807, 2.05) is 0 Å². The number of aromatic hydroxyl groups is 1. The van der Waals surface area contributed by atoms with Gasteiger partial charge in [-0.05, 0) is 36.8 Å². The van der Waals surface area contributed by atoms with E-state index in [4.69, 9.17) is 4.74 Å². The van der Waals surface area contributed by atoms with Crippen molar-refractivity contribution in [1.82, 2.24) is 5.01 Å². The molecule has 0 unspecified atom stereocenters. The first-order chi connectivity index (χ1) is 13.9. The summed E-state index contributed by atoms with van der Waals surface area (Å²) in [6.45, 7) is 2.19. The number of hydrogen-bond acceptors (Lipinski definition) is 6. The molecule has 3 rings (SSSR count). The standard InChI is InChI=1S/C19H17F2N3O4S/c1-2-28-16-7-11(3-6-15(16)25)9-24-17(26)10-29-19(23-24)18(27)22-14-5-4-12(20)8-13(14)21/h3-8,25H,2,9-10H2,1H3,(H,22,27). The molecule has 0 saturated heterocycles. The van der Waals surface area contributed by atoms with Gasteiger partial charge < -0.3 is 15.2 Å². The van der Waals surface area contributed by atoms with Crippen molar-refractivity contribution in [1.29, 1.82) is 0 Å². The number of thioether (sulfide) groups is 1. The van der Waals surface area contributed by atoms with E-state index >= 15 is 0 Å². The predicted molar refractivity (Wildman–Crippen MR) is 105 cm³/mol. The number of ether oxygens (including phenoxy) is 1. The number of phenolic OH excluding ortho intramolecular Hbond substituents is 1. The molecular weight excluding hydrogens is 404 g/mol. The summed E-state index contributed by atoms with van der Waals surface area (Å²) in [6, 6.07) is 7.41. The molecular formula is C19H17F2N3O4S. The molecule has 152 valence electrons. The van der Waals surface area contributed by atoms with Gasteiger partial charge in [0, 0.05) is 6.07 Å². The van der Waals surface area contributed by atoms with Crippen molar-refractivity contribution in [3.8, 4) is 11.5 Å². The van der Waals surface area contributed by atoms with Crippen molar-refractivity contribution in [2.75, 3.05) is 17.7 Å². The molecule has 29 heavy (non-hydrogen) atoms. The number of benzene rings is 2. The van der Waals surface area contributed by atoms with E-state index < -0.39 is 17.5 Å². The van der Waals surface area contributed by atoms with Gasteiger partial charge in [-0.25, -0.2) is 13.8 Å². The van der Waals surface area contributed by atoms with Gasteiger partial charge in [0.05, 0.1) is 24.6 Å². The molecule has 2 aromatic carbocycles. The summed E-state index contributed by atoms with van der Waals surface area (Å²) in [4.78, 5) is 24.6. The molecule has 0 aromatic heterocycles. The minimum absolute atomic E-state index is 0.0193. The number of nitrogens with zero attached hydrogens (tertiary/aromatic N) is 2. The first-order valence-electron chi connectivity index (χ1n) is 8.60. The summed E-state index contributed by atoms with van der Waals surface area (Å²) in [5, 5.41) is 17.2. The second-order valence-corrected chi connectivity index (χ2v) is 6.92. The van der Waals surface area contributed by atoms with Gasteiger partial charge in [-0.2, -0.15) is 5.10 Å². The van der Waals surface area contributed by atoms with Crippen molar-refractivity contribution in [3.63, 3.8) is 0 Å². The summed E-state index contributed by atoms with van der Waals surface area (Å²) in [6.07, 6.45) is 0. The third kappa shape index (κ3) is 5.02. The second kappa shape index (κ2) is 8.91. The zero-order valence-corrected chi connectivity index (χ0v) is 16.1. The molecule has 0 bridgehead atoms. The predicted octanol–water partition coefficient (Wildman–Crippen LogP) is 3.10. The highest BCUT2D eigenvalue weighted by Crippen LogP contribution is 2.28. The summed E-state index contributed by atoms with van der Waals surface area (Å²) >= 11 is 0.921. The maximum Gasteiger partial charge on any atom is 0.282 e. The summed E-state index contributed by atoms with van der Waals surface area (Å²) < 4.78 is 32.1. The zero-order chi connectivity index (χ0) is 21.0. The Morgan fingerprint density at radius 1 is 1.31 bits per heavy atom. The van der Waals surface area contributed by atoms with Gasteiger partial charge in [0.1, 0.15) is 11.6 Å². The van der Waals surface area contributed by atoms with Gasteiger partial charge >= 0.3 is 0 Å². The van der Waals surface area contributed by atoms with Crippen LogP contribution in [0.5, 0.6) is 11.5 Å². The van der Waals surface area contributed by atoms with E-state index in [-0.39, 0.29) is 40.4 Å². The molecule has 1 aliphatic rings. The molecule has 0 fully saturated rings. The fourth-order valence-corrected chi connectivity index (χ4v) is 3.25. The fourth-order valence-electron chi connectivity index (χ4n) is 2.50. The minimum Gasteiger partial charge on any atom is -0.504 e. The first kappa shape index (κ1) is 20.6. The quantitative estimate of drug-likeness (QED) is 0.748. The second-order valence-electron chi connectivity index (χ2n) is 5.96. The Morgan fingerprint density at radius 3 is 2.83 bits per heavy atom. The molecule has 0 aliphatic carbocycles. The Labute approximate surface area is 169 Å². The van der Waals surface area contributed by atoms with Crippen LogP contribution in [-0.2, 0) is 16.1 Å². The smallest absolute Gasteiger partial charge is 0.282 e. The van der Waals surface area contributed by atoms with Crippen molar-refractivity contribution in [2.24, 2.45) is 5.10 Å². The number of hydrazone groups is 1. The molecule has 10 heteroatoms. The monoisotopic (exact) mass is 421 g/mol. The molecule has 2 N–H and O–H groups in total. The molecule has 7 nitrogen and oxygen atoms in total. The molecule has 0 radical (unpaired) electrons. The van der Waals surface area contributed by atoms with Crippen LogP contribution in [0.2, 0.25) is 0 Å². The van der Waals surface area contributed by atoms with Gasteiger partial charge in [-0.3, -0.25) is 9.59 Å². The number of amides is 2. The minimum atomic E-state index is -0.916. The molecule has 1 aliphatic heterocycles. The van der Waals surface area contributed by atoms with Gasteiger partial charge in [0.15, 0.2) is 16.5 Å². The molecule has 0 atom stereocenters. The van der Waals surface area contributed by atoms with E-state index in [2.05, 4.69) is 10.4 Å². The van der Waals surface area contributed by atoms with E-state index in [0.717, 1.165) is 28.9 Å². The normalized spacial score (nSPS) is 13.8. The van der Waals surface area contributed by atoms with Crippen LogP contribution < -0.4 is 10.1 Å². The first-order valence-corrected chi connectivity index (χ1v) is 9.58. The Hall–Kier alpha value is -3.14. The molecule has 0 saturated carbocycles. The van der Waals surface area contributed by atoms with Crippen molar-refractivity contribution >= 4 is 34.3 Å². The highest BCUT2D eigenvalue weighted by molar-refractivity contribution is 8.16. The van der Waals surface area contributed by atoms with E-state index in [9.17, 15) is 23.5 Å². The van der Waals surface area contributed by atoms with Crippen LogP contribution in [0.3, 0.4) is 0 Å². The lowest BCUT2D eigenvalue weighted by molar-refractivity contribution is -0.129. The number of nitrogens with one attached hydrogen (secondary N) is 1. The Kier molecular flexibility index (Phi) is 6.32. The highest BCUT2D eigenvalue weighted by Gasteiger charge is 2.26. The number of carbonyl (C=O) groups is 2.